The van der Waals surface area contributed by atoms with E-state index in [0.717, 1.165) is 31.7 Å². The van der Waals surface area contributed by atoms with Crippen molar-refractivity contribution in [2.45, 2.75) is 19.0 Å². The highest BCUT2D eigenvalue weighted by molar-refractivity contribution is 6.30. The van der Waals surface area contributed by atoms with E-state index in [2.05, 4.69) is 35.2 Å². The summed E-state index contributed by atoms with van der Waals surface area (Å²) >= 11 is 5.90. The van der Waals surface area contributed by atoms with Crippen molar-refractivity contribution in [1.29, 1.82) is 0 Å². The van der Waals surface area contributed by atoms with E-state index in [9.17, 15) is 4.79 Å². The number of halogens is 1. The first-order chi connectivity index (χ1) is 11.7. The number of rotatable bonds is 4. The van der Waals surface area contributed by atoms with Gasteiger partial charge in [-0.1, -0.05) is 54.1 Å². The average molecular weight is 341 g/mol. The van der Waals surface area contributed by atoms with E-state index in [4.69, 9.17) is 11.6 Å². The minimum absolute atomic E-state index is 0.228. The lowest BCUT2D eigenvalue weighted by Gasteiger charge is -2.43. The molecule has 2 aliphatic heterocycles. The summed E-state index contributed by atoms with van der Waals surface area (Å²) in [7, 11) is 0. The van der Waals surface area contributed by atoms with Crippen LogP contribution in [0.25, 0.3) is 0 Å². The maximum atomic E-state index is 12.6. The second kappa shape index (κ2) is 6.58. The van der Waals surface area contributed by atoms with Gasteiger partial charge < -0.3 is 4.90 Å². The summed E-state index contributed by atoms with van der Waals surface area (Å²) in [4.78, 5) is 17.1. The first kappa shape index (κ1) is 15.7. The highest BCUT2D eigenvalue weighted by atomic mass is 35.5. The van der Waals surface area contributed by atoms with Crippen molar-refractivity contribution < 1.29 is 4.79 Å². The van der Waals surface area contributed by atoms with Gasteiger partial charge >= 0.3 is 0 Å². The third kappa shape index (κ3) is 3.19. The summed E-state index contributed by atoms with van der Waals surface area (Å²) in [6.07, 6.45) is 0.468. The lowest BCUT2D eigenvalue weighted by atomic mass is 9.91. The Morgan fingerprint density at radius 1 is 0.958 bits per heavy atom. The average Bonchev–Trinajstić information content (AvgIpc) is 2.93. The first-order valence-corrected chi connectivity index (χ1v) is 8.87. The van der Waals surface area contributed by atoms with Crippen LogP contribution in [0.3, 0.4) is 0 Å². The Bertz CT molecular complexity index is 716. The van der Waals surface area contributed by atoms with Gasteiger partial charge in [-0.05, 0) is 23.3 Å². The van der Waals surface area contributed by atoms with Crippen LogP contribution in [-0.4, -0.2) is 41.4 Å². The van der Waals surface area contributed by atoms with E-state index in [1.807, 2.05) is 29.2 Å². The van der Waals surface area contributed by atoms with Crippen LogP contribution < -0.4 is 0 Å². The number of hydrogen-bond acceptors (Lipinski definition) is 2. The van der Waals surface area contributed by atoms with Crippen LogP contribution in [0.15, 0.2) is 54.6 Å². The number of amides is 1. The highest BCUT2D eigenvalue weighted by Crippen LogP contribution is 2.33. The molecule has 0 saturated carbocycles. The number of benzene rings is 2. The van der Waals surface area contributed by atoms with Crippen LogP contribution in [0.5, 0.6) is 0 Å². The molecule has 2 aliphatic rings. The van der Waals surface area contributed by atoms with Crippen LogP contribution >= 0.6 is 11.6 Å². The third-order valence-corrected chi connectivity index (χ3v) is 5.45. The molecule has 2 aromatic rings. The molecule has 2 atom stereocenters. The standard InChI is InChI=1S/C20H21ClN2O/c21-18-8-6-15(7-9-18)10-20(24)23-13-17-12-22(19(17)14-23)11-16-4-2-1-3-5-16/h1-9,17,19H,10-14H2/t17-,19+/m0/s1. The summed E-state index contributed by atoms with van der Waals surface area (Å²) in [6.45, 7) is 3.86. The smallest absolute Gasteiger partial charge is 0.227 e. The summed E-state index contributed by atoms with van der Waals surface area (Å²) in [6, 6.07) is 18.7. The van der Waals surface area contributed by atoms with Gasteiger partial charge in [0.15, 0.2) is 0 Å². The molecule has 124 valence electrons. The van der Waals surface area contributed by atoms with Gasteiger partial charge in [-0.15, -0.1) is 0 Å². The molecule has 2 saturated heterocycles. The van der Waals surface area contributed by atoms with Crippen molar-refractivity contribution in [3.8, 4) is 0 Å². The fourth-order valence-corrected chi connectivity index (χ4v) is 3.96. The van der Waals surface area contributed by atoms with Crippen LogP contribution in [0.4, 0.5) is 0 Å². The summed E-state index contributed by atoms with van der Waals surface area (Å²) < 4.78 is 0. The van der Waals surface area contributed by atoms with Gasteiger partial charge in [-0.25, -0.2) is 0 Å². The predicted octanol–water partition coefficient (Wildman–Crippen LogP) is 3.23. The van der Waals surface area contributed by atoms with Crippen LogP contribution in [-0.2, 0) is 17.8 Å². The normalized spacial score (nSPS) is 23.0. The van der Waals surface area contributed by atoms with Gasteiger partial charge in [-0.2, -0.15) is 0 Å². The second-order valence-electron chi connectivity index (χ2n) is 6.84. The largest absolute Gasteiger partial charge is 0.340 e. The minimum atomic E-state index is 0.228. The lowest BCUT2D eigenvalue weighted by molar-refractivity contribution is -0.129. The molecule has 2 aromatic carbocycles. The molecule has 0 aliphatic carbocycles. The van der Waals surface area contributed by atoms with E-state index in [1.165, 1.54) is 5.56 Å². The molecule has 4 heteroatoms. The molecule has 2 fully saturated rings. The fourth-order valence-electron chi connectivity index (χ4n) is 3.84. The van der Waals surface area contributed by atoms with Crippen molar-refractivity contribution in [1.82, 2.24) is 9.80 Å². The molecule has 0 N–H and O–H groups in total. The van der Waals surface area contributed by atoms with Crippen molar-refractivity contribution in [2.24, 2.45) is 5.92 Å². The monoisotopic (exact) mass is 340 g/mol. The highest BCUT2D eigenvalue weighted by Gasteiger charge is 2.46. The molecule has 0 spiro atoms. The fraction of sp³-hybridized carbons (Fsp3) is 0.350. The molecule has 3 nitrogen and oxygen atoms in total. The number of fused-ring (bicyclic) bond motifs is 1. The first-order valence-electron chi connectivity index (χ1n) is 8.49. The second-order valence-corrected chi connectivity index (χ2v) is 7.28. The number of hydrogen-bond donors (Lipinski definition) is 0. The molecular formula is C20H21ClN2O. The molecule has 24 heavy (non-hydrogen) atoms. The molecule has 2 heterocycles. The van der Waals surface area contributed by atoms with Gasteiger partial charge in [0.1, 0.15) is 0 Å². The number of carbonyl (C=O) groups excluding carboxylic acids is 1. The molecule has 4 rings (SSSR count). The number of carbonyl (C=O) groups is 1. The maximum absolute atomic E-state index is 12.6. The van der Waals surface area contributed by atoms with Crippen LogP contribution in [0, 0.1) is 5.92 Å². The van der Waals surface area contributed by atoms with E-state index in [-0.39, 0.29) is 5.91 Å². The Hall–Kier alpha value is -1.84. The van der Waals surface area contributed by atoms with Gasteiger partial charge in [-0.3, -0.25) is 9.69 Å². The molecule has 1 amide bonds. The van der Waals surface area contributed by atoms with Gasteiger partial charge in [0.2, 0.25) is 5.91 Å². The van der Waals surface area contributed by atoms with Gasteiger partial charge in [0.05, 0.1) is 6.42 Å². The van der Waals surface area contributed by atoms with E-state index in [0.29, 0.717) is 23.4 Å². The molecule has 0 radical (unpaired) electrons. The van der Waals surface area contributed by atoms with Crippen molar-refractivity contribution in [2.75, 3.05) is 19.6 Å². The zero-order chi connectivity index (χ0) is 16.5. The zero-order valence-corrected chi connectivity index (χ0v) is 14.3. The Balaban J connectivity index is 1.33. The SMILES string of the molecule is O=C(Cc1ccc(Cl)cc1)N1C[C@@H]2CN(Cc3ccccc3)[C@@H]2C1. The number of likely N-dealkylation sites (tertiary alicyclic amines) is 2. The summed E-state index contributed by atoms with van der Waals surface area (Å²) in [5.41, 5.74) is 2.38. The quantitative estimate of drug-likeness (QED) is 0.853. The van der Waals surface area contributed by atoms with Crippen molar-refractivity contribution >= 4 is 17.5 Å². The van der Waals surface area contributed by atoms with E-state index >= 15 is 0 Å². The maximum Gasteiger partial charge on any atom is 0.227 e. The molecular weight excluding hydrogens is 320 g/mol. The van der Waals surface area contributed by atoms with Crippen LogP contribution in [0.2, 0.25) is 5.02 Å². The Morgan fingerprint density at radius 3 is 2.46 bits per heavy atom. The van der Waals surface area contributed by atoms with E-state index in [1.54, 1.807) is 0 Å². The van der Waals surface area contributed by atoms with Gasteiger partial charge in [0.25, 0.3) is 0 Å². The molecule has 0 unspecified atom stereocenters. The number of nitrogens with zero attached hydrogens (tertiary/aromatic N) is 2. The Labute approximate surface area is 147 Å². The zero-order valence-electron chi connectivity index (χ0n) is 13.6. The minimum Gasteiger partial charge on any atom is -0.340 e. The van der Waals surface area contributed by atoms with Crippen molar-refractivity contribution in [3.05, 3.63) is 70.7 Å². The predicted molar refractivity (Wildman–Crippen MR) is 95.9 cm³/mol. The summed E-state index contributed by atoms with van der Waals surface area (Å²) in [5, 5.41) is 0.710. The van der Waals surface area contributed by atoms with Crippen LogP contribution in [0.1, 0.15) is 11.1 Å². The van der Waals surface area contributed by atoms with Crippen molar-refractivity contribution in [3.63, 3.8) is 0 Å². The Morgan fingerprint density at radius 2 is 1.71 bits per heavy atom. The van der Waals surface area contributed by atoms with E-state index < -0.39 is 0 Å². The Kier molecular flexibility index (Phi) is 4.30. The summed E-state index contributed by atoms with van der Waals surface area (Å²) in [5.74, 6) is 0.870. The molecule has 0 aromatic heterocycles. The molecule has 0 bridgehead atoms. The topological polar surface area (TPSA) is 23.6 Å². The van der Waals surface area contributed by atoms with Gasteiger partial charge in [0, 0.05) is 43.2 Å². The lowest BCUT2D eigenvalue weighted by Crippen LogP contribution is -2.54. The third-order valence-electron chi connectivity index (χ3n) is 5.19.